The first-order valence-corrected chi connectivity index (χ1v) is 8.44. The Balaban J connectivity index is 1.89. The number of nitrogens with one attached hydrogen (secondary N) is 2. The SMILES string of the molecule is CCN1CCN(c2ccc(CNC(=O)NC(C)CO)cc2F)CC1. The average Bonchev–Trinajstić information content (AvgIpc) is 2.60. The van der Waals surface area contributed by atoms with Crippen LogP contribution in [0.5, 0.6) is 0 Å². The van der Waals surface area contributed by atoms with Crippen LogP contribution in [-0.2, 0) is 6.54 Å². The second-order valence-corrected chi connectivity index (χ2v) is 6.12. The standard InChI is InChI=1S/C17H27FN4O2/c1-3-21-6-8-22(9-7-21)16-5-4-14(10-15(16)18)11-19-17(24)20-13(2)12-23/h4-5,10,13,23H,3,6-9,11-12H2,1-2H3,(H2,19,20,24). The summed E-state index contributed by atoms with van der Waals surface area (Å²) in [6.07, 6.45) is 0. The van der Waals surface area contributed by atoms with Crippen LogP contribution in [0.25, 0.3) is 0 Å². The van der Waals surface area contributed by atoms with Crippen molar-refractivity contribution in [2.45, 2.75) is 26.4 Å². The number of hydrogen-bond donors (Lipinski definition) is 3. The molecule has 0 bridgehead atoms. The molecule has 3 N–H and O–H groups in total. The van der Waals surface area contributed by atoms with Crippen LogP contribution in [0.2, 0.25) is 0 Å². The summed E-state index contributed by atoms with van der Waals surface area (Å²) >= 11 is 0. The zero-order valence-corrected chi connectivity index (χ0v) is 14.4. The number of aliphatic hydroxyl groups is 1. The van der Waals surface area contributed by atoms with E-state index in [0.29, 0.717) is 11.3 Å². The number of halogens is 1. The fourth-order valence-corrected chi connectivity index (χ4v) is 2.72. The summed E-state index contributed by atoms with van der Waals surface area (Å²) in [5.74, 6) is -0.261. The normalized spacial score (nSPS) is 16.8. The van der Waals surface area contributed by atoms with Gasteiger partial charge in [-0.25, -0.2) is 9.18 Å². The lowest BCUT2D eigenvalue weighted by atomic mass is 10.1. The molecule has 2 amide bonds. The van der Waals surface area contributed by atoms with Crippen LogP contribution in [0.1, 0.15) is 19.4 Å². The zero-order valence-electron chi connectivity index (χ0n) is 14.4. The van der Waals surface area contributed by atoms with E-state index in [1.807, 2.05) is 6.07 Å². The van der Waals surface area contributed by atoms with Crippen molar-refractivity contribution in [3.8, 4) is 0 Å². The van der Waals surface area contributed by atoms with E-state index in [-0.39, 0.29) is 31.0 Å². The van der Waals surface area contributed by atoms with E-state index < -0.39 is 0 Å². The molecule has 1 unspecified atom stereocenters. The number of anilines is 1. The Labute approximate surface area is 142 Å². The molecule has 0 aromatic heterocycles. The summed E-state index contributed by atoms with van der Waals surface area (Å²) in [4.78, 5) is 16.0. The summed E-state index contributed by atoms with van der Waals surface area (Å²) in [5, 5.41) is 14.1. The second kappa shape index (κ2) is 8.84. The zero-order chi connectivity index (χ0) is 17.5. The predicted molar refractivity (Wildman–Crippen MR) is 92.6 cm³/mol. The van der Waals surface area contributed by atoms with Crippen LogP contribution in [-0.4, -0.2) is 61.4 Å². The molecule has 0 radical (unpaired) electrons. The highest BCUT2D eigenvalue weighted by Crippen LogP contribution is 2.22. The van der Waals surface area contributed by atoms with Crippen molar-refractivity contribution >= 4 is 11.7 Å². The van der Waals surface area contributed by atoms with E-state index in [9.17, 15) is 9.18 Å². The van der Waals surface area contributed by atoms with Crippen molar-refractivity contribution in [2.75, 3.05) is 44.2 Å². The number of amides is 2. The number of nitrogens with zero attached hydrogens (tertiary/aromatic N) is 2. The number of piperazine rings is 1. The largest absolute Gasteiger partial charge is 0.394 e. The molecule has 7 heteroatoms. The minimum atomic E-state index is -0.378. The van der Waals surface area contributed by atoms with Gasteiger partial charge in [0, 0.05) is 32.7 Å². The van der Waals surface area contributed by atoms with Crippen LogP contribution in [0.3, 0.4) is 0 Å². The molecule has 6 nitrogen and oxygen atoms in total. The van der Waals surface area contributed by atoms with Crippen LogP contribution in [0, 0.1) is 5.82 Å². The van der Waals surface area contributed by atoms with Gasteiger partial charge in [-0.2, -0.15) is 0 Å². The highest BCUT2D eigenvalue weighted by Gasteiger charge is 2.18. The van der Waals surface area contributed by atoms with Gasteiger partial charge in [0.2, 0.25) is 0 Å². The van der Waals surface area contributed by atoms with Gasteiger partial charge in [-0.15, -0.1) is 0 Å². The van der Waals surface area contributed by atoms with E-state index in [1.165, 1.54) is 6.07 Å². The molecule has 134 valence electrons. The van der Waals surface area contributed by atoms with Crippen molar-refractivity contribution in [2.24, 2.45) is 0 Å². The third kappa shape index (κ3) is 5.07. The lowest BCUT2D eigenvalue weighted by molar-refractivity contribution is 0.220. The molecule has 24 heavy (non-hydrogen) atoms. The van der Waals surface area contributed by atoms with Crippen molar-refractivity contribution in [3.63, 3.8) is 0 Å². The molecule has 2 rings (SSSR count). The molecule has 0 aliphatic carbocycles. The Kier molecular flexibility index (Phi) is 6.81. The van der Waals surface area contributed by atoms with Gasteiger partial charge >= 0.3 is 6.03 Å². The second-order valence-electron chi connectivity index (χ2n) is 6.12. The maximum absolute atomic E-state index is 14.4. The molecule has 0 saturated carbocycles. The number of rotatable bonds is 6. The van der Waals surface area contributed by atoms with Gasteiger partial charge in [-0.05, 0) is 31.2 Å². The first kappa shape index (κ1) is 18.5. The minimum Gasteiger partial charge on any atom is -0.394 e. The molecular weight excluding hydrogens is 311 g/mol. The van der Waals surface area contributed by atoms with E-state index in [0.717, 1.165) is 32.7 Å². The molecule has 1 aliphatic rings. The molecular formula is C17H27FN4O2. The summed E-state index contributed by atoms with van der Waals surface area (Å²) in [6.45, 7) is 8.52. The average molecular weight is 338 g/mol. The number of benzene rings is 1. The van der Waals surface area contributed by atoms with Gasteiger partial charge in [0.15, 0.2) is 0 Å². The van der Waals surface area contributed by atoms with Gasteiger partial charge in [-0.1, -0.05) is 13.0 Å². The predicted octanol–water partition coefficient (Wildman–Crippen LogP) is 1.15. The third-order valence-corrected chi connectivity index (χ3v) is 4.28. The topological polar surface area (TPSA) is 67.8 Å². The first-order valence-electron chi connectivity index (χ1n) is 8.44. The molecule has 1 atom stereocenters. The van der Waals surface area contributed by atoms with Crippen LogP contribution >= 0.6 is 0 Å². The van der Waals surface area contributed by atoms with Gasteiger partial charge in [0.25, 0.3) is 0 Å². The monoisotopic (exact) mass is 338 g/mol. The van der Waals surface area contributed by atoms with E-state index >= 15 is 0 Å². The van der Waals surface area contributed by atoms with E-state index in [4.69, 9.17) is 5.11 Å². The molecule has 1 aromatic rings. The summed E-state index contributed by atoms with van der Waals surface area (Å²) in [7, 11) is 0. The highest BCUT2D eigenvalue weighted by atomic mass is 19.1. The number of likely N-dealkylation sites (N-methyl/N-ethyl adjacent to an activating group) is 1. The van der Waals surface area contributed by atoms with Crippen LogP contribution < -0.4 is 15.5 Å². The molecule has 1 saturated heterocycles. The maximum Gasteiger partial charge on any atom is 0.315 e. The summed E-state index contributed by atoms with van der Waals surface area (Å²) in [6, 6.07) is 4.39. The quantitative estimate of drug-likeness (QED) is 0.728. The van der Waals surface area contributed by atoms with Gasteiger partial charge in [0.05, 0.1) is 18.3 Å². The number of urea groups is 1. The summed E-state index contributed by atoms with van der Waals surface area (Å²) < 4.78 is 14.4. The van der Waals surface area contributed by atoms with Crippen LogP contribution in [0.4, 0.5) is 14.9 Å². The minimum absolute atomic E-state index is 0.123. The Hall–Kier alpha value is -1.86. The van der Waals surface area contributed by atoms with Gasteiger partial charge < -0.3 is 25.5 Å². The Morgan fingerprint density at radius 2 is 2.04 bits per heavy atom. The van der Waals surface area contributed by atoms with Crippen LogP contribution in [0.15, 0.2) is 18.2 Å². The molecule has 0 spiro atoms. The third-order valence-electron chi connectivity index (χ3n) is 4.28. The van der Waals surface area contributed by atoms with Crippen molar-refractivity contribution < 1.29 is 14.3 Å². The van der Waals surface area contributed by atoms with Crippen molar-refractivity contribution in [1.82, 2.24) is 15.5 Å². The van der Waals surface area contributed by atoms with E-state index in [1.54, 1.807) is 13.0 Å². The first-order chi connectivity index (χ1) is 11.5. The molecule has 1 heterocycles. The van der Waals surface area contributed by atoms with E-state index in [2.05, 4.69) is 27.4 Å². The lowest BCUT2D eigenvalue weighted by Crippen LogP contribution is -2.46. The fourth-order valence-electron chi connectivity index (χ4n) is 2.72. The molecule has 1 fully saturated rings. The molecule has 1 aliphatic heterocycles. The van der Waals surface area contributed by atoms with Gasteiger partial charge in [-0.3, -0.25) is 0 Å². The number of aliphatic hydroxyl groups excluding tert-OH is 1. The number of hydrogen-bond acceptors (Lipinski definition) is 4. The molecule has 1 aromatic carbocycles. The summed E-state index contributed by atoms with van der Waals surface area (Å²) in [5.41, 5.74) is 1.32. The maximum atomic E-state index is 14.4. The lowest BCUT2D eigenvalue weighted by Gasteiger charge is -2.35. The van der Waals surface area contributed by atoms with Gasteiger partial charge in [0.1, 0.15) is 5.82 Å². The number of carbonyl (C=O) groups is 1. The Morgan fingerprint density at radius 3 is 2.62 bits per heavy atom. The fraction of sp³-hybridized carbons (Fsp3) is 0.588. The smallest absolute Gasteiger partial charge is 0.315 e. The number of carbonyl (C=O) groups excluding carboxylic acids is 1. The highest BCUT2D eigenvalue weighted by molar-refractivity contribution is 5.74. The Morgan fingerprint density at radius 1 is 1.33 bits per heavy atom. The van der Waals surface area contributed by atoms with Crippen molar-refractivity contribution in [1.29, 1.82) is 0 Å². The van der Waals surface area contributed by atoms with Crippen molar-refractivity contribution in [3.05, 3.63) is 29.6 Å². The Bertz CT molecular complexity index is 547.